The lowest BCUT2D eigenvalue weighted by molar-refractivity contribution is -0.119. The summed E-state index contributed by atoms with van der Waals surface area (Å²) in [5, 5.41) is 2.72. The van der Waals surface area contributed by atoms with Gasteiger partial charge < -0.3 is 14.8 Å². The Morgan fingerprint density at radius 3 is 2.52 bits per heavy atom. The van der Waals surface area contributed by atoms with Crippen LogP contribution in [0.25, 0.3) is 0 Å². The highest BCUT2D eigenvalue weighted by Gasteiger charge is 2.14. The second-order valence-corrected chi connectivity index (χ2v) is 5.72. The van der Waals surface area contributed by atoms with Gasteiger partial charge in [-0.1, -0.05) is 32.0 Å². The van der Waals surface area contributed by atoms with E-state index in [2.05, 4.69) is 5.32 Å². The molecule has 132 valence electrons. The quantitative estimate of drug-likeness (QED) is 0.810. The van der Waals surface area contributed by atoms with Gasteiger partial charge in [0.25, 0.3) is 5.91 Å². The average Bonchev–Trinajstić information content (AvgIpc) is 2.59. The van der Waals surface area contributed by atoms with Crippen molar-refractivity contribution in [2.75, 3.05) is 19.0 Å². The number of esters is 1. The van der Waals surface area contributed by atoms with Crippen LogP contribution in [0.3, 0.4) is 0 Å². The normalized spacial score (nSPS) is 10.4. The Morgan fingerprint density at radius 1 is 1.16 bits per heavy atom. The van der Waals surface area contributed by atoms with Crippen LogP contribution in [0.1, 0.15) is 35.7 Å². The molecule has 2 aromatic rings. The molecule has 0 aliphatic heterocycles. The maximum absolute atomic E-state index is 13.6. The summed E-state index contributed by atoms with van der Waals surface area (Å²) in [6.07, 6.45) is 0. The molecular weight excluding hydrogens is 325 g/mol. The van der Waals surface area contributed by atoms with Crippen molar-refractivity contribution < 1.29 is 23.5 Å². The van der Waals surface area contributed by atoms with Crippen LogP contribution in [0, 0.1) is 5.82 Å². The number of hydrogen-bond acceptors (Lipinski definition) is 4. The fourth-order valence-electron chi connectivity index (χ4n) is 2.31. The number of benzene rings is 2. The lowest BCUT2D eigenvalue weighted by Gasteiger charge is -2.13. The highest BCUT2D eigenvalue weighted by Crippen LogP contribution is 2.23. The van der Waals surface area contributed by atoms with Gasteiger partial charge in [0.2, 0.25) is 0 Å². The van der Waals surface area contributed by atoms with E-state index < -0.39 is 24.3 Å². The fraction of sp³-hybridized carbons (Fsp3) is 0.263. The van der Waals surface area contributed by atoms with E-state index in [-0.39, 0.29) is 17.2 Å². The minimum atomic E-state index is -0.783. The topological polar surface area (TPSA) is 64.6 Å². The third kappa shape index (κ3) is 4.79. The van der Waals surface area contributed by atoms with Crippen molar-refractivity contribution in [2.45, 2.75) is 19.8 Å². The van der Waals surface area contributed by atoms with Gasteiger partial charge in [-0.15, -0.1) is 0 Å². The number of rotatable bonds is 6. The van der Waals surface area contributed by atoms with Crippen molar-refractivity contribution in [3.63, 3.8) is 0 Å². The van der Waals surface area contributed by atoms with Crippen LogP contribution in [0.15, 0.2) is 42.5 Å². The van der Waals surface area contributed by atoms with Gasteiger partial charge in [-0.3, -0.25) is 4.79 Å². The molecule has 2 rings (SSSR count). The summed E-state index contributed by atoms with van der Waals surface area (Å²) >= 11 is 0. The fourth-order valence-corrected chi connectivity index (χ4v) is 2.31. The van der Waals surface area contributed by atoms with Crippen LogP contribution in [0.5, 0.6) is 5.75 Å². The summed E-state index contributed by atoms with van der Waals surface area (Å²) in [6.45, 7) is 3.57. The molecule has 0 radical (unpaired) electrons. The van der Waals surface area contributed by atoms with Gasteiger partial charge in [0.05, 0.1) is 12.7 Å². The van der Waals surface area contributed by atoms with Gasteiger partial charge >= 0.3 is 5.97 Å². The summed E-state index contributed by atoms with van der Waals surface area (Å²) in [5.74, 6) is -1.66. The van der Waals surface area contributed by atoms with Crippen molar-refractivity contribution in [3.05, 3.63) is 59.4 Å². The van der Waals surface area contributed by atoms with Gasteiger partial charge in [-0.25, -0.2) is 9.18 Å². The smallest absolute Gasteiger partial charge is 0.338 e. The van der Waals surface area contributed by atoms with Crippen molar-refractivity contribution in [2.24, 2.45) is 0 Å². The summed E-state index contributed by atoms with van der Waals surface area (Å²) in [6, 6.07) is 11.1. The summed E-state index contributed by atoms with van der Waals surface area (Å²) in [4.78, 5) is 23.9. The van der Waals surface area contributed by atoms with Crippen molar-refractivity contribution >= 4 is 17.6 Å². The van der Waals surface area contributed by atoms with E-state index in [1.807, 2.05) is 32.0 Å². The number of methoxy groups -OCH3 is 1. The summed E-state index contributed by atoms with van der Waals surface area (Å²) in [7, 11) is 1.33. The van der Waals surface area contributed by atoms with Crippen LogP contribution in [0.4, 0.5) is 10.1 Å². The summed E-state index contributed by atoms with van der Waals surface area (Å²) in [5.41, 5.74) is 1.67. The Kier molecular flexibility index (Phi) is 6.11. The molecule has 0 aromatic heterocycles. The molecule has 0 bridgehead atoms. The Balaban J connectivity index is 1.96. The third-order valence-corrected chi connectivity index (χ3v) is 3.58. The number of carbonyl (C=O) groups is 2. The molecule has 1 N–H and O–H groups in total. The number of amides is 1. The van der Waals surface area contributed by atoms with Crippen molar-refractivity contribution in [1.82, 2.24) is 0 Å². The lowest BCUT2D eigenvalue weighted by Crippen LogP contribution is -2.21. The van der Waals surface area contributed by atoms with E-state index >= 15 is 0 Å². The zero-order valence-corrected chi connectivity index (χ0v) is 14.3. The molecule has 5 nitrogen and oxygen atoms in total. The zero-order chi connectivity index (χ0) is 18.4. The third-order valence-electron chi connectivity index (χ3n) is 3.58. The lowest BCUT2D eigenvalue weighted by atomic mass is 10.0. The molecule has 25 heavy (non-hydrogen) atoms. The van der Waals surface area contributed by atoms with Crippen LogP contribution < -0.4 is 10.1 Å². The molecule has 2 aromatic carbocycles. The predicted octanol–water partition coefficient (Wildman–Crippen LogP) is 3.75. The van der Waals surface area contributed by atoms with E-state index in [0.717, 1.165) is 11.6 Å². The second kappa shape index (κ2) is 8.28. The SMILES string of the molecule is COc1ccc(C(=O)OCC(=O)Nc2ccccc2C(C)C)cc1F. The summed E-state index contributed by atoms with van der Waals surface area (Å²) < 4.78 is 23.3. The maximum Gasteiger partial charge on any atom is 0.338 e. The number of anilines is 1. The van der Waals surface area contributed by atoms with Crippen molar-refractivity contribution in [1.29, 1.82) is 0 Å². The Hall–Kier alpha value is -2.89. The molecule has 0 aliphatic rings. The molecule has 0 aliphatic carbocycles. The molecule has 0 heterocycles. The molecule has 0 saturated heterocycles. The van der Waals surface area contributed by atoms with Gasteiger partial charge in [0.1, 0.15) is 0 Å². The van der Waals surface area contributed by atoms with Gasteiger partial charge in [0, 0.05) is 5.69 Å². The average molecular weight is 345 g/mol. The van der Waals surface area contributed by atoms with Crippen molar-refractivity contribution in [3.8, 4) is 5.75 Å². The van der Waals surface area contributed by atoms with E-state index in [4.69, 9.17) is 9.47 Å². The van der Waals surface area contributed by atoms with Gasteiger partial charge in [-0.2, -0.15) is 0 Å². The Labute approximate surface area is 145 Å². The van der Waals surface area contributed by atoms with E-state index in [9.17, 15) is 14.0 Å². The predicted molar refractivity (Wildman–Crippen MR) is 92.4 cm³/mol. The minimum absolute atomic E-state index is 0.00804. The van der Waals surface area contributed by atoms with Crippen LogP contribution >= 0.6 is 0 Å². The molecule has 0 saturated carbocycles. The molecule has 0 atom stereocenters. The highest BCUT2D eigenvalue weighted by atomic mass is 19.1. The monoisotopic (exact) mass is 345 g/mol. The number of halogens is 1. The van der Waals surface area contributed by atoms with E-state index in [0.29, 0.717) is 5.69 Å². The first kappa shape index (κ1) is 18.4. The number of hydrogen-bond donors (Lipinski definition) is 1. The number of para-hydroxylation sites is 1. The second-order valence-electron chi connectivity index (χ2n) is 5.72. The largest absolute Gasteiger partial charge is 0.494 e. The first-order valence-electron chi connectivity index (χ1n) is 7.81. The van der Waals surface area contributed by atoms with Crippen LogP contribution in [0.2, 0.25) is 0 Å². The minimum Gasteiger partial charge on any atom is -0.494 e. The first-order valence-corrected chi connectivity index (χ1v) is 7.81. The highest BCUT2D eigenvalue weighted by molar-refractivity contribution is 5.96. The maximum atomic E-state index is 13.6. The van der Waals surface area contributed by atoms with Crippen LogP contribution in [-0.2, 0) is 9.53 Å². The Bertz CT molecular complexity index is 774. The molecule has 0 spiro atoms. The molecular formula is C19H20FNO4. The first-order chi connectivity index (χ1) is 11.9. The van der Waals surface area contributed by atoms with E-state index in [1.54, 1.807) is 6.07 Å². The standard InChI is InChI=1S/C19H20FNO4/c1-12(2)14-6-4-5-7-16(14)21-18(22)11-25-19(23)13-8-9-17(24-3)15(20)10-13/h4-10,12H,11H2,1-3H3,(H,21,22). The Morgan fingerprint density at radius 2 is 1.88 bits per heavy atom. The molecule has 6 heteroatoms. The molecule has 0 unspecified atom stereocenters. The van der Waals surface area contributed by atoms with E-state index in [1.165, 1.54) is 19.2 Å². The number of ether oxygens (including phenoxy) is 2. The van der Waals surface area contributed by atoms with Crippen LogP contribution in [-0.4, -0.2) is 25.6 Å². The van der Waals surface area contributed by atoms with Gasteiger partial charge in [0.15, 0.2) is 18.2 Å². The zero-order valence-electron chi connectivity index (χ0n) is 14.3. The molecule has 1 amide bonds. The number of carbonyl (C=O) groups excluding carboxylic acids is 2. The molecule has 0 fully saturated rings. The number of nitrogens with one attached hydrogen (secondary N) is 1. The van der Waals surface area contributed by atoms with Gasteiger partial charge in [-0.05, 0) is 35.7 Å².